The molecule has 1 nitrogen and oxygen atoms in total. The van der Waals surface area contributed by atoms with Crippen LogP contribution in [0.3, 0.4) is 0 Å². The predicted octanol–water partition coefficient (Wildman–Crippen LogP) is 15.9. The Kier molecular flexibility index (Phi) is 10.5. The summed E-state index contributed by atoms with van der Waals surface area (Å²) in [5.74, 6) is 0. The fourth-order valence-electron chi connectivity index (χ4n) is 8.09. The number of rotatable bonds is 11. The molecular formula is C58H43N. The Bertz CT molecular complexity index is 3110. The van der Waals surface area contributed by atoms with Crippen molar-refractivity contribution >= 4 is 66.0 Å². The number of hydrogen-bond donors (Lipinski definition) is 0. The first-order valence-corrected chi connectivity index (χ1v) is 20.1. The Morgan fingerprint density at radius 2 is 1.03 bits per heavy atom. The number of nitrogens with zero attached hydrogens (tertiary/aromatic N) is 1. The Morgan fingerprint density at radius 3 is 1.69 bits per heavy atom. The summed E-state index contributed by atoms with van der Waals surface area (Å²) < 4.78 is 0. The first-order valence-electron chi connectivity index (χ1n) is 20.1. The summed E-state index contributed by atoms with van der Waals surface area (Å²) >= 11 is 0. The summed E-state index contributed by atoms with van der Waals surface area (Å²) in [5.41, 5.74) is 9.69. The van der Waals surface area contributed by atoms with E-state index in [4.69, 9.17) is 0 Å². The van der Waals surface area contributed by atoms with Gasteiger partial charge in [-0.1, -0.05) is 207 Å². The fourth-order valence-corrected chi connectivity index (χ4v) is 8.09. The highest BCUT2D eigenvalue weighted by Gasteiger charge is 2.13. The van der Waals surface area contributed by atoms with Gasteiger partial charge in [-0.15, -0.1) is 0 Å². The Balaban J connectivity index is 1.14. The number of anilines is 1. The molecule has 9 aromatic carbocycles. The van der Waals surface area contributed by atoms with E-state index in [1.165, 1.54) is 48.7 Å². The van der Waals surface area contributed by atoms with Crippen molar-refractivity contribution in [2.24, 2.45) is 0 Å². The van der Waals surface area contributed by atoms with Gasteiger partial charge in [0.25, 0.3) is 0 Å². The molecule has 0 bridgehead atoms. The van der Waals surface area contributed by atoms with Crippen molar-refractivity contribution in [2.75, 3.05) is 4.90 Å². The highest BCUT2D eigenvalue weighted by molar-refractivity contribution is 6.14. The van der Waals surface area contributed by atoms with Crippen LogP contribution in [0.4, 0.5) is 5.69 Å². The molecule has 0 unspecified atom stereocenters. The second-order valence-electron chi connectivity index (χ2n) is 14.7. The lowest BCUT2D eigenvalue weighted by atomic mass is 9.93. The van der Waals surface area contributed by atoms with Crippen LogP contribution in [0.15, 0.2) is 250 Å². The molecule has 0 aliphatic rings. The lowest BCUT2D eigenvalue weighted by Crippen LogP contribution is -2.13. The number of fused-ring (bicyclic) bond motifs is 6. The highest BCUT2D eigenvalue weighted by atomic mass is 15.1. The average Bonchev–Trinajstić information content (AvgIpc) is 3.30. The van der Waals surface area contributed by atoms with Gasteiger partial charge in [-0.2, -0.15) is 0 Å². The van der Waals surface area contributed by atoms with Gasteiger partial charge in [0, 0.05) is 17.6 Å². The zero-order valence-electron chi connectivity index (χ0n) is 32.9. The van der Waals surface area contributed by atoms with Gasteiger partial charge in [0.1, 0.15) is 0 Å². The third-order valence-corrected chi connectivity index (χ3v) is 11.0. The van der Waals surface area contributed by atoms with Crippen LogP contribution in [0.5, 0.6) is 0 Å². The Morgan fingerprint density at radius 1 is 0.492 bits per heavy atom. The Hall–Kier alpha value is -7.74. The molecule has 280 valence electrons. The van der Waals surface area contributed by atoms with E-state index in [-0.39, 0.29) is 0 Å². The molecule has 0 radical (unpaired) electrons. The van der Waals surface area contributed by atoms with Crippen LogP contribution in [-0.2, 0) is 0 Å². The third-order valence-electron chi connectivity index (χ3n) is 11.0. The number of benzene rings is 9. The van der Waals surface area contributed by atoms with Crippen molar-refractivity contribution in [3.63, 3.8) is 0 Å². The van der Waals surface area contributed by atoms with Crippen LogP contribution in [0, 0.1) is 0 Å². The number of hydrogen-bond acceptors (Lipinski definition) is 1. The van der Waals surface area contributed by atoms with Crippen molar-refractivity contribution < 1.29 is 0 Å². The normalized spacial score (nSPS) is 12.3. The molecule has 0 saturated heterocycles. The second kappa shape index (κ2) is 16.8. The predicted molar refractivity (Wildman–Crippen MR) is 257 cm³/mol. The molecule has 0 atom stereocenters. The van der Waals surface area contributed by atoms with Gasteiger partial charge in [0.2, 0.25) is 0 Å². The van der Waals surface area contributed by atoms with E-state index in [0.29, 0.717) is 0 Å². The maximum absolute atomic E-state index is 4.68. The summed E-state index contributed by atoms with van der Waals surface area (Å²) in [6.45, 7) is 8.94. The van der Waals surface area contributed by atoms with E-state index in [2.05, 4.69) is 243 Å². The average molecular weight is 754 g/mol. The van der Waals surface area contributed by atoms with Crippen LogP contribution in [0.1, 0.15) is 16.7 Å². The van der Waals surface area contributed by atoms with Crippen LogP contribution in [0.25, 0.3) is 71.4 Å². The monoisotopic (exact) mass is 753 g/mol. The van der Waals surface area contributed by atoms with Crippen molar-refractivity contribution in [1.82, 2.24) is 0 Å². The standard InChI is InChI=1S/C58H43N/c1-3-44(57-40-48-23-10-12-26-51(48)53-28-14-16-30-55(53)57)25-18-38-59(42(2)39-47(45-21-8-5-9-22-45)33-32-43-19-6-4-7-20-43)50-36-34-46(35-37-50)58-41-49-24-11-13-27-52(49)54-29-15-17-31-56(54)58/h3-41H,1-2H2/b33-32+,38-18+,44-25+,47-39+. The molecule has 0 saturated carbocycles. The lowest BCUT2D eigenvalue weighted by molar-refractivity contribution is 1.21. The molecular weight excluding hydrogens is 711 g/mol. The molecule has 0 fully saturated rings. The van der Waals surface area contributed by atoms with Gasteiger partial charge >= 0.3 is 0 Å². The Labute approximate surface area is 346 Å². The maximum Gasteiger partial charge on any atom is 0.0455 e. The van der Waals surface area contributed by atoms with Crippen molar-refractivity contribution in [1.29, 1.82) is 0 Å². The van der Waals surface area contributed by atoms with E-state index < -0.39 is 0 Å². The number of allylic oxidation sites excluding steroid dienone is 7. The second-order valence-corrected chi connectivity index (χ2v) is 14.7. The smallest absolute Gasteiger partial charge is 0.0455 e. The van der Waals surface area contributed by atoms with E-state index in [0.717, 1.165) is 44.8 Å². The SMILES string of the molecule is C=C/C(=C\C=C\N(C(=C)/C=C(\C=C\c1ccccc1)c1ccccc1)c1ccc(-c2cc3ccccc3c3ccccc23)cc1)c1cc2ccccc2c2ccccc12. The molecule has 0 aliphatic heterocycles. The van der Waals surface area contributed by atoms with E-state index in [1.807, 2.05) is 12.1 Å². The summed E-state index contributed by atoms with van der Waals surface area (Å²) in [7, 11) is 0. The third kappa shape index (κ3) is 7.70. The molecule has 59 heavy (non-hydrogen) atoms. The molecule has 0 aromatic heterocycles. The molecule has 0 spiro atoms. The molecule has 0 amide bonds. The van der Waals surface area contributed by atoms with Gasteiger partial charge in [-0.25, -0.2) is 0 Å². The van der Waals surface area contributed by atoms with Crippen LogP contribution in [-0.4, -0.2) is 0 Å². The zero-order valence-corrected chi connectivity index (χ0v) is 32.9. The minimum Gasteiger partial charge on any atom is -0.318 e. The van der Waals surface area contributed by atoms with Gasteiger partial charge in [0.15, 0.2) is 0 Å². The quantitative estimate of drug-likeness (QED) is 0.0939. The topological polar surface area (TPSA) is 3.24 Å². The van der Waals surface area contributed by atoms with Crippen molar-refractivity contribution in [2.45, 2.75) is 0 Å². The van der Waals surface area contributed by atoms with Crippen molar-refractivity contribution in [3.05, 3.63) is 266 Å². The van der Waals surface area contributed by atoms with Gasteiger partial charge in [-0.05, 0) is 118 Å². The molecule has 1 heteroatoms. The summed E-state index contributed by atoms with van der Waals surface area (Å²) in [6.07, 6.45) is 14.8. The molecule has 9 rings (SSSR count). The molecule has 0 heterocycles. The first kappa shape index (κ1) is 36.9. The molecule has 9 aromatic rings. The molecule has 0 aliphatic carbocycles. The van der Waals surface area contributed by atoms with Crippen LogP contribution in [0.2, 0.25) is 0 Å². The highest BCUT2D eigenvalue weighted by Crippen LogP contribution is 2.37. The minimum absolute atomic E-state index is 0.825. The first-order chi connectivity index (χ1) is 29.1. The van der Waals surface area contributed by atoms with Gasteiger partial charge in [0.05, 0.1) is 0 Å². The molecule has 0 N–H and O–H groups in total. The van der Waals surface area contributed by atoms with E-state index in [9.17, 15) is 0 Å². The van der Waals surface area contributed by atoms with Gasteiger partial charge in [-0.3, -0.25) is 0 Å². The zero-order chi connectivity index (χ0) is 40.0. The maximum atomic E-state index is 4.68. The van der Waals surface area contributed by atoms with Crippen LogP contribution >= 0.6 is 0 Å². The summed E-state index contributed by atoms with van der Waals surface area (Å²) in [5, 5.41) is 9.87. The van der Waals surface area contributed by atoms with E-state index >= 15 is 0 Å². The van der Waals surface area contributed by atoms with Crippen molar-refractivity contribution in [3.8, 4) is 11.1 Å². The van der Waals surface area contributed by atoms with Crippen LogP contribution < -0.4 is 4.90 Å². The lowest BCUT2D eigenvalue weighted by Gasteiger charge is -2.22. The summed E-state index contributed by atoms with van der Waals surface area (Å²) in [6, 6.07) is 68.9. The van der Waals surface area contributed by atoms with Gasteiger partial charge < -0.3 is 4.90 Å². The van der Waals surface area contributed by atoms with E-state index in [1.54, 1.807) is 0 Å². The largest absolute Gasteiger partial charge is 0.318 e. The summed E-state index contributed by atoms with van der Waals surface area (Å²) in [4.78, 5) is 2.16. The fraction of sp³-hybridized carbons (Fsp3) is 0. The minimum atomic E-state index is 0.825.